The standard InChI is InChI=1S/C13H6ClF3N2S/c14-8-3-7(16)4-9(17)12(8)19-13-18-10-2-1-6(15)5-11(10)20-13/h1-5H,(H,18,19). The van der Waals surface area contributed by atoms with E-state index in [0.29, 0.717) is 15.3 Å². The van der Waals surface area contributed by atoms with Crippen LogP contribution in [0.4, 0.5) is 24.0 Å². The van der Waals surface area contributed by atoms with Gasteiger partial charge in [-0.2, -0.15) is 0 Å². The molecule has 102 valence electrons. The highest BCUT2D eigenvalue weighted by atomic mass is 35.5. The lowest BCUT2D eigenvalue weighted by Gasteiger charge is -2.06. The van der Waals surface area contributed by atoms with Gasteiger partial charge in [0.25, 0.3) is 0 Å². The van der Waals surface area contributed by atoms with Crippen molar-refractivity contribution in [1.82, 2.24) is 4.98 Å². The van der Waals surface area contributed by atoms with Crippen molar-refractivity contribution in [2.45, 2.75) is 0 Å². The first-order valence-corrected chi connectivity index (χ1v) is 6.70. The van der Waals surface area contributed by atoms with Crippen LogP contribution in [0.15, 0.2) is 30.3 Å². The molecule has 0 saturated carbocycles. The topological polar surface area (TPSA) is 24.9 Å². The van der Waals surface area contributed by atoms with E-state index >= 15 is 0 Å². The molecule has 0 aliphatic carbocycles. The van der Waals surface area contributed by atoms with Gasteiger partial charge in [0, 0.05) is 6.07 Å². The van der Waals surface area contributed by atoms with E-state index in [1.165, 1.54) is 18.2 Å². The Morgan fingerprint density at radius 3 is 2.60 bits per heavy atom. The fraction of sp³-hybridized carbons (Fsp3) is 0. The Labute approximate surface area is 120 Å². The lowest BCUT2D eigenvalue weighted by atomic mass is 10.3. The first-order chi connectivity index (χ1) is 9.52. The molecule has 0 unspecified atom stereocenters. The molecule has 0 atom stereocenters. The first-order valence-electron chi connectivity index (χ1n) is 5.50. The average molecular weight is 315 g/mol. The number of hydrogen-bond donors (Lipinski definition) is 1. The maximum Gasteiger partial charge on any atom is 0.188 e. The summed E-state index contributed by atoms with van der Waals surface area (Å²) in [7, 11) is 0. The zero-order valence-electron chi connectivity index (χ0n) is 9.75. The Balaban J connectivity index is 2.01. The van der Waals surface area contributed by atoms with Crippen LogP contribution in [-0.2, 0) is 0 Å². The number of rotatable bonds is 2. The van der Waals surface area contributed by atoms with Crippen LogP contribution in [0, 0.1) is 17.5 Å². The summed E-state index contributed by atoms with van der Waals surface area (Å²) in [6.45, 7) is 0. The fourth-order valence-electron chi connectivity index (χ4n) is 1.72. The molecule has 0 aliphatic heterocycles. The molecule has 1 heterocycles. The van der Waals surface area contributed by atoms with Gasteiger partial charge >= 0.3 is 0 Å². The number of hydrogen-bond acceptors (Lipinski definition) is 3. The van der Waals surface area contributed by atoms with Crippen LogP contribution in [0.1, 0.15) is 0 Å². The summed E-state index contributed by atoms with van der Waals surface area (Å²) >= 11 is 6.93. The minimum Gasteiger partial charge on any atom is -0.328 e. The van der Waals surface area contributed by atoms with Crippen molar-refractivity contribution in [3.63, 3.8) is 0 Å². The lowest BCUT2D eigenvalue weighted by Crippen LogP contribution is -1.95. The van der Waals surface area contributed by atoms with E-state index in [1.807, 2.05) is 0 Å². The highest BCUT2D eigenvalue weighted by Gasteiger charge is 2.12. The minimum absolute atomic E-state index is 0.0624. The smallest absolute Gasteiger partial charge is 0.188 e. The summed E-state index contributed by atoms with van der Waals surface area (Å²) in [5.41, 5.74) is 0.519. The van der Waals surface area contributed by atoms with Crippen molar-refractivity contribution in [2.24, 2.45) is 0 Å². The third-order valence-corrected chi connectivity index (χ3v) is 3.82. The van der Waals surface area contributed by atoms with E-state index in [0.717, 1.165) is 23.5 Å². The third kappa shape index (κ3) is 2.44. The lowest BCUT2D eigenvalue weighted by molar-refractivity contribution is 0.586. The van der Waals surface area contributed by atoms with Gasteiger partial charge in [-0.25, -0.2) is 18.2 Å². The molecule has 2 nitrogen and oxygen atoms in total. The molecule has 0 spiro atoms. The molecule has 0 fully saturated rings. The summed E-state index contributed by atoms with van der Waals surface area (Å²) < 4.78 is 40.3. The molecule has 1 aromatic heterocycles. The Morgan fingerprint density at radius 1 is 1.05 bits per heavy atom. The van der Waals surface area contributed by atoms with Gasteiger partial charge in [-0.05, 0) is 24.3 Å². The Bertz CT molecular complexity index is 780. The second-order valence-electron chi connectivity index (χ2n) is 4.00. The summed E-state index contributed by atoms with van der Waals surface area (Å²) in [6.07, 6.45) is 0. The molecule has 0 bridgehead atoms. The second-order valence-corrected chi connectivity index (χ2v) is 5.44. The number of aromatic nitrogens is 1. The number of thiazole rings is 1. The predicted molar refractivity (Wildman–Crippen MR) is 74.2 cm³/mol. The van der Waals surface area contributed by atoms with Crippen LogP contribution in [-0.4, -0.2) is 4.98 Å². The zero-order valence-corrected chi connectivity index (χ0v) is 11.3. The van der Waals surface area contributed by atoms with Crippen molar-refractivity contribution in [3.8, 4) is 0 Å². The average Bonchev–Trinajstić information content (AvgIpc) is 2.75. The molecule has 0 amide bonds. The third-order valence-electron chi connectivity index (χ3n) is 2.59. The molecule has 20 heavy (non-hydrogen) atoms. The van der Waals surface area contributed by atoms with Crippen LogP contribution in [0.5, 0.6) is 0 Å². The molecule has 0 radical (unpaired) electrons. The minimum atomic E-state index is -0.819. The van der Waals surface area contributed by atoms with Crippen molar-refractivity contribution >= 4 is 44.0 Å². The molecular formula is C13H6ClF3N2S. The predicted octanol–water partition coefficient (Wildman–Crippen LogP) is 5.11. The van der Waals surface area contributed by atoms with Crippen LogP contribution in [0.3, 0.4) is 0 Å². The number of halogens is 4. The quantitative estimate of drug-likeness (QED) is 0.711. The van der Waals surface area contributed by atoms with Gasteiger partial charge in [-0.15, -0.1) is 0 Å². The van der Waals surface area contributed by atoms with Crippen LogP contribution < -0.4 is 5.32 Å². The van der Waals surface area contributed by atoms with Gasteiger partial charge in [-0.1, -0.05) is 22.9 Å². The number of fused-ring (bicyclic) bond motifs is 1. The maximum atomic E-state index is 13.6. The molecule has 3 aromatic rings. The summed E-state index contributed by atoms with van der Waals surface area (Å²) in [5, 5.41) is 2.94. The Morgan fingerprint density at radius 2 is 1.85 bits per heavy atom. The monoisotopic (exact) mass is 314 g/mol. The highest BCUT2D eigenvalue weighted by Crippen LogP contribution is 2.33. The number of nitrogens with one attached hydrogen (secondary N) is 1. The summed E-state index contributed by atoms with van der Waals surface area (Å²) in [4.78, 5) is 4.18. The molecular weight excluding hydrogens is 309 g/mol. The second kappa shape index (κ2) is 4.96. The van der Waals surface area contributed by atoms with E-state index in [-0.39, 0.29) is 16.5 Å². The Hall–Kier alpha value is -1.79. The van der Waals surface area contributed by atoms with Crippen molar-refractivity contribution < 1.29 is 13.2 Å². The van der Waals surface area contributed by atoms with Gasteiger partial charge in [0.05, 0.1) is 20.9 Å². The van der Waals surface area contributed by atoms with Crippen LogP contribution >= 0.6 is 22.9 Å². The number of anilines is 2. The first kappa shape index (κ1) is 13.2. The van der Waals surface area contributed by atoms with E-state index in [9.17, 15) is 13.2 Å². The van der Waals surface area contributed by atoms with Gasteiger partial charge in [-0.3, -0.25) is 0 Å². The molecule has 7 heteroatoms. The SMILES string of the molecule is Fc1cc(F)c(Nc2nc3ccc(F)cc3s2)c(Cl)c1. The van der Waals surface area contributed by atoms with Crippen LogP contribution in [0.2, 0.25) is 5.02 Å². The number of nitrogens with zero attached hydrogens (tertiary/aromatic N) is 1. The van der Waals surface area contributed by atoms with E-state index in [2.05, 4.69) is 10.3 Å². The van der Waals surface area contributed by atoms with Gasteiger partial charge in [0.15, 0.2) is 10.9 Å². The van der Waals surface area contributed by atoms with Crippen LogP contribution in [0.25, 0.3) is 10.2 Å². The van der Waals surface area contributed by atoms with E-state index in [4.69, 9.17) is 11.6 Å². The molecule has 3 rings (SSSR count). The molecule has 1 N–H and O–H groups in total. The highest BCUT2D eigenvalue weighted by molar-refractivity contribution is 7.22. The normalized spacial score (nSPS) is 11.0. The molecule has 0 aliphatic rings. The van der Waals surface area contributed by atoms with E-state index in [1.54, 1.807) is 0 Å². The molecule has 0 saturated heterocycles. The zero-order chi connectivity index (χ0) is 14.3. The maximum absolute atomic E-state index is 13.6. The summed E-state index contributed by atoms with van der Waals surface area (Å²) in [5.74, 6) is -1.96. The molecule has 2 aromatic carbocycles. The van der Waals surface area contributed by atoms with Gasteiger partial charge in [0.1, 0.15) is 11.6 Å². The largest absolute Gasteiger partial charge is 0.328 e. The fourth-order valence-corrected chi connectivity index (χ4v) is 2.86. The van der Waals surface area contributed by atoms with Gasteiger partial charge < -0.3 is 5.32 Å². The number of benzene rings is 2. The van der Waals surface area contributed by atoms with E-state index < -0.39 is 11.6 Å². The van der Waals surface area contributed by atoms with Crippen molar-refractivity contribution in [2.75, 3.05) is 5.32 Å². The Kier molecular flexibility index (Phi) is 3.27. The van der Waals surface area contributed by atoms with Gasteiger partial charge in [0.2, 0.25) is 0 Å². The van der Waals surface area contributed by atoms with Crippen molar-refractivity contribution in [1.29, 1.82) is 0 Å². The van der Waals surface area contributed by atoms with Crippen molar-refractivity contribution in [3.05, 3.63) is 52.8 Å². The summed E-state index contributed by atoms with van der Waals surface area (Å²) in [6, 6.07) is 5.87.